The number of aliphatic hydroxyl groups excluding tert-OH is 1. The van der Waals surface area contributed by atoms with Crippen LogP contribution in [0.5, 0.6) is 0 Å². The van der Waals surface area contributed by atoms with Crippen LogP contribution in [0.4, 0.5) is 0 Å². The molecule has 4 heteroatoms. The third-order valence-electron chi connectivity index (χ3n) is 3.62. The third-order valence-corrected chi connectivity index (χ3v) is 3.95. The second-order valence-corrected chi connectivity index (χ2v) is 5.22. The standard InChI is InChI=1S/C14H18ClNO2/c1-16(12-8-4-5-9-13(12)17)14(18)10-6-2-3-7-11(10)15/h2-3,6-7,12-13,17H,4-5,8-9H2,1H3. The summed E-state index contributed by atoms with van der Waals surface area (Å²) >= 11 is 6.03. The van der Waals surface area contributed by atoms with Crippen molar-refractivity contribution in [3.05, 3.63) is 34.9 Å². The maximum absolute atomic E-state index is 12.3. The lowest BCUT2D eigenvalue weighted by atomic mass is 9.91. The van der Waals surface area contributed by atoms with E-state index in [4.69, 9.17) is 11.6 Å². The van der Waals surface area contributed by atoms with E-state index in [2.05, 4.69) is 0 Å². The molecule has 1 N–H and O–H groups in total. The predicted octanol–water partition coefficient (Wildman–Crippen LogP) is 2.72. The SMILES string of the molecule is CN(C(=O)c1ccccc1Cl)C1CCCCC1O. The molecule has 1 aliphatic rings. The summed E-state index contributed by atoms with van der Waals surface area (Å²) in [6, 6.07) is 6.93. The summed E-state index contributed by atoms with van der Waals surface area (Å²) in [7, 11) is 1.74. The van der Waals surface area contributed by atoms with Crippen LogP contribution < -0.4 is 0 Å². The van der Waals surface area contributed by atoms with Crippen molar-refractivity contribution in [3.63, 3.8) is 0 Å². The topological polar surface area (TPSA) is 40.5 Å². The van der Waals surface area contributed by atoms with Crippen LogP contribution in [0.15, 0.2) is 24.3 Å². The summed E-state index contributed by atoms with van der Waals surface area (Å²) in [5.74, 6) is -0.119. The van der Waals surface area contributed by atoms with Crippen molar-refractivity contribution in [2.45, 2.75) is 37.8 Å². The Morgan fingerprint density at radius 1 is 1.33 bits per heavy atom. The van der Waals surface area contributed by atoms with Crippen molar-refractivity contribution in [1.82, 2.24) is 4.90 Å². The molecule has 1 aliphatic carbocycles. The number of carbonyl (C=O) groups excluding carboxylic acids is 1. The lowest BCUT2D eigenvalue weighted by Gasteiger charge is -2.35. The summed E-state index contributed by atoms with van der Waals surface area (Å²) < 4.78 is 0. The van der Waals surface area contributed by atoms with Crippen LogP contribution in [0.2, 0.25) is 5.02 Å². The van der Waals surface area contributed by atoms with E-state index in [1.165, 1.54) is 0 Å². The number of aliphatic hydroxyl groups is 1. The summed E-state index contributed by atoms with van der Waals surface area (Å²) in [5.41, 5.74) is 0.499. The molecule has 0 heterocycles. The van der Waals surface area contributed by atoms with Gasteiger partial charge in [-0.15, -0.1) is 0 Å². The number of amides is 1. The lowest BCUT2D eigenvalue weighted by molar-refractivity contribution is 0.0268. The van der Waals surface area contributed by atoms with Gasteiger partial charge in [0.2, 0.25) is 0 Å². The fraction of sp³-hybridized carbons (Fsp3) is 0.500. The Labute approximate surface area is 112 Å². The van der Waals surface area contributed by atoms with Crippen LogP contribution in [-0.2, 0) is 0 Å². The third kappa shape index (κ3) is 2.68. The minimum atomic E-state index is -0.421. The zero-order valence-corrected chi connectivity index (χ0v) is 11.2. The lowest BCUT2D eigenvalue weighted by Crippen LogP contribution is -2.46. The maximum Gasteiger partial charge on any atom is 0.255 e. The van der Waals surface area contributed by atoms with Gasteiger partial charge in [0.1, 0.15) is 0 Å². The van der Waals surface area contributed by atoms with Crippen molar-refractivity contribution >= 4 is 17.5 Å². The minimum absolute atomic E-state index is 0.0949. The van der Waals surface area contributed by atoms with E-state index in [1.807, 2.05) is 0 Å². The molecule has 2 unspecified atom stereocenters. The first-order valence-corrected chi connectivity index (χ1v) is 6.69. The van der Waals surface area contributed by atoms with E-state index in [0.717, 1.165) is 25.7 Å². The molecule has 1 amide bonds. The molecule has 0 radical (unpaired) electrons. The van der Waals surface area contributed by atoms with Gasteiger partial charge in [-0.3, -0.25) is 4.79 Å². The Kier molecular flexibility index (Phi) is 4.25. The second-order valence-electron chi connectivity index (χ2n) is 4.82. The molecule has 1 saturated carbocycles. The highest BCUT2D eigenvalue weighted by atomic mass is 35.5. The molecule has 18 heavy (non-hydrogen) atoms. The van der Waals surface area contributed by atoms with E-state index < -0.39 is 6.10 Å². The van der Waals surface area contributed by atoms with Gasteiger partial charge in [-0.25, -0.2) is 0 Å². The summed E-state index contributed by atoms with van der Waals surface area (Å²) in [6.07, 6.45) is 3.29. The Hall–Kier alpha value is -1.06. The molecule has 2 rings (SSSR count). The van der Waals surface area contributed by atoms with Gasteiger partial charge in [0.15, 0.2) is 0 Å². The van der Waals surface area contributed by atoms with E-state index in [-0.39, 0.29) is 11.9 Å². The fourth-order valence-corrected chi connectivity index (χ4v) is 2.74. The molecule has 98 valence electrons. The first kappa shape index (κ1) is 13.4. The van der Waals surface area contributed by atoms with Gasteiger partial charge in [0, 0.05) is 7.05 Å². The van der Waals surface area contributed by atoms with Gasteiger partial charge in [0.25, 0.3) is 5.91 Å². The smallest absolute Gasteiger partial charge is 0.255 e. The molecule has 0 saturated heterocycles. The Morgan fingerprint density at radius 3 is 2.67 bits per heavy atom. The molecule has 0 bridgehead atoms. The molecule has 0 aromatic heterocycles. The van der Waals surface area contributed by atoms with Crippen LogP contribution in [0.3, 0.4) is 0 Å². The molecule has 3 nitrogen and oxygen atoms in total. The van der Waals surface area contributed by atoms with Crippen molar-refractivity contribution in [2.24, 2.45) is 0 Å². The largest absolute Gasteiger partial charge is 0.391 e. The predicted molar refractivity (Wildman–Crippen MR) is 71.8 cm³/mol. The maximum atomic E-state index is 12.3. The molecule has 1 fully saturated rings. The van der Waals surface area contributed by atoms with Crippen molar-refractivity contribution < 1.29 is 9.90 Å². The van der Waals surface area contributed by atoms with Gasteiger partial charge in [-0.1, -0.05) is 36.6 Å². The van der Waals surface area contributed by atoms with Crippen LogP contribution >= 0.6 is 11.6 Å². The Morgan fingerprint density at radius 2 is 2.00 bits per heavy atom. The molecule has 2 atom stereocenters. The second kappa shape index (κ2) is 5.72. The van der Waals surface area contributed by atoms with E-state index >= 15 is 0 Å². The molecule has 1 aromatic carbocycles. The van der Waals surface area contributed by atoms with Crippen molar-refractivity contribution in [2.75, 3.05) is 7.05 Å². The number of nitrogens with zero attached hydrogens (tertiary/aromatic N) is 1. The highest BCUT2D eigenvalue weighted by molar-refractivity contribution is 6.33. The highest BCUT2D eigenvalue weighted by Gasteiger charge is 2.30. The van der Waals surface area contributed by atoms with Crippen LogP contribution in [0, 0.1) is 0 Å². The van der Waals surface area contributed by atoms with Gasteiger partial charge in [-0.2, -0.15) is 0 Å². The number of carbonyl (C=O) groups is 1. The van der Waals surface area contributed by atoms with Crippen LogP contribution in [-0.4, -0.2) is 35.1 Å². The number of rotatable bonds is 2. The number of hydrogen-bond acceptors (Lipinski definition) is 2. The summed E-state index contributed by atoms with van der Waals surface area (Å²) in [4.78, 5) is 14.0. The summed E-state index contributed by atoms with van der Waals surface area (Å²) in [5, 5.41) is 10.4. The highest BCUT2D eigenvalue weighted by Crippen LogP contribution is 2.25. The fourth-order valence-electron chi connectivity index (χ4n) is 2.52. The monoisotopic (exact) mass is 267 g/mol. The zero-order valence-electron chi connectivity index (χ0n) is 10.5. The first-order valence-electron chi connectivity index (χ1n) is 6.31. The quantitative estimate of drug-likeness (QED) is 0.895. The van der Waals surface area contributed by atoms with Crippen molar-refractivity contribution in [3.8, 4) is 0 Å². The van der Waals surface area contributed by atoms with Gasteiger partial charge in [-0.05, 0) is 25.0 Å². The summed E-state index contributed by atoms with van der Waals surface area (Å²) in [6.45, 7) is 0. The van der Waals surface area contributed by atoms with Crippen molar-refractivity contribution in [1.29, 1.82) is 0 Å². The normalized spacial score (nSPS) is 23.7. The molecule has 0 spiro atoms. The molecular weight excluding hydrogens is 250 g/mol. The van der Waals surface area contributed by atoms with Gasteiger partial charge in [0.05, 0.1) is 22.7 Å². The van der Waals surface area contributed by atoms with E-state index in [9.17, 15) is 9.90 Å². The number of likely N-dealkylation sites (N-methyl/N-ethyl adjacent to an activating group) is 1. The first-order chi connectivity index (χ1) is 8.61. The Balaban J connectivity index is 2.16. The minimum Gasteiger partial charge on any atom is -0.391 e. The van der Waals surface area contributed by atoms with E-state index in [1.54, 1.807) is 36.2 Å². The average molecular weight is 268 g/mol. The van der Waals surface area contributed by atoms with Crippen LogP contribution in [0.1, 0.15) is 36.0 Å². The molecular formula is C14H18ClNO2. The number of hydrogen-bond donors (Lipinski definition) is 1. The number of halogens is 1. The van der Waals surface area contributed by atoms with E-state index in [0.29, 0.717) is 10.6 Å². The Bertz CT molecular complexity index is 436. The molecule has 0 aliphatic heterocycles. The van der Waals surface area contributed by atoms with Gasteiger partial charge < -0.3 is 10.0 Å². The zero-order chi connectivity index (χ0) is 13.1. The number of benzene rings is 1. The van der Waals surface area contributed by atoms with Crippen LogP contribution in [0.25, 0.3) is 0 Å². The molecule has 1 aromatic rings. The van der Waals surface area contributed by atoms with Gasteiger partial charge >= 0.3 is 0 Å². The average Bonchev–Trinajstić information content (AvgIpc) is 2.38.